The molecule has 2 unspecified atom stereocenters. The molecule has 82 valence electrons. The molecule has 0 aromatic heterocycles. The third-order valence-corrected chi connectivity index (χ3v) is 3.30. The van der Waals surface area contributed by atoms with Crippen LogP contribution >= 0.6 is 0 Å². The second-order valence-electron chi connectivity index (χ2n) is 4.09. The average molecular weight is 210 g/mol. The van der Waals surface area contributed by atoms with Crippen LogP contribution in [0.4, 0.5) is 0 Å². The normalized spacial score (nSPS) is 36.9. The highest BCUT2D eigenvalue weighted by molar-refractivity contribution is 5.83. The number of carboxylic acids is 1. The van der Waals surface area contributed by atoms with Gasteiger partial charge in [0.05, 0.1) is 18.4 Å². The van der Waals surface area contributed by atoms with E-state index in [1.807, 2.05) is 12.2 Å². The maximum Gasteiger partial charge on any atom is 0.310 e. The molecule has 2 aliphatic rings. The highest BCUT2D eigenvalue weighted by atomic mass is 16.5. The van der Waals surface area contributed by atoms with Gasteiger partial charge in [-0.15, -0.1) is 0 Å². The van der Waals surface area contributed by atoms with Crippen molar-refractivity contribution in [1.82, 2.24) is 0 Å². The standard InChI is InChI=1S/C11H14O4/c1-2-15-11(14)9-7-4-3-6(5-7)8(9)10(12)13/h3-4,6-9H,2,5H2,1H3,(H,12,13)/t6-,7+,8?,9?/m1/s1. The van der Waals surface area contributed by atoms with Gasteiger partial charge >= 0.3 is 11.9 Å². The second-order valence-corrected chi connectivity index (χ2v) is 4.09. The number of ether oxygens (including phenoxy) is 1. The molecule has 0 amide bonds. The van der Waals surface area contributed by atoms with Gasteiger partial charge in [0, 0.05) is 0 Å². The van der Waals surface area contributed by atoms with Gasteiger partial charge in [0.1, 0.15) is 0 Å². The highest BCUT2D eigenvalue weighted by Gasteiger charge is 2.52. The fraction of sp³-hybridized carbons (Fsp3) is 0.636. The van der Waals surface area contributed by atoms with Crippen LogP contribution in [0.25, 0.3) is 0 Å². The van der Waals surface area contributed by atoms with Crippen LogP contribution in [-0.2, 0) is 14.3 Å². The number of fused-ring (bicyclic) bond motifs is 2. The van der Waals surface area contributed by atoms with Gasteiger partial charge in [-0.25, -0.2) is 0 Å². The van der Waals surface area contributed by atoms with Crippen molar-refractivity contribution >= 4 is 11.9 Å². The summed E-state index contributed by atoms with van der Waals surface area (Å²) in [5.74, 6) is -2.22. The zero-order chi connectivity index (χ0) is 11.0. The summed E-state index contributed by atoms with van der Waals surface area (Å²) in [5.41, 5.74) is 0. The lowest BCUT2D eigenvalue weighted by atomic mass is 9.83. The lowest BCUT2D eigenvalue weighted by Crippen LogP contribution is -2.34. The molecule has 4 atom stereocenters. The van der Waals surface area contributed by atoms with E-state index in [9.17, 15) is 9.59 Å². The molecule has 4 heteroatoms. The van der Waals surface area contributed by atoms with E-state index in [1.165, 1.54) is 0 Å². The van der Waals surface area contributed by atoms with E-state index in [2.05, 4.69) is 0 Å². The molecular formula is C11H14O4. The summed E-state index contributed by atoms with van der Waals surface area (Å²) in [6, 6.07) is 0. The minimum atomic E-state index is -0.884. The van der Waals surface area contributed by atoms with Gasteiger partial charge < -0.3 is 9.84 Å². The van der Waals surface area contributed by atoms with Crippen LogP contribution in [-0.4, -0.2) is 23.7 Å². The zero-order valence-corrected chi connectivity index (χ0v) is 8.55. The topological polar surface area (TPSA) is 63.6 Å². The molecule has 2 aliphatic carbocycles. The maximum absolute atomic E-state index is 11.6. The molecule has 0 aromatic carbocycles. The molecule has 0 heterocycles. The van der Waals surface area contributed by atoms with Gasteiger partial charge in [0.25, 0.3) is 0 Å². The van der Waals surface area contributed by atoms with Crippen LogP contribution in [0.3, 0.4) is 0 Å². The summed E-state index contributed by atoms with van der Waals surface area (Å²) in [6.07, 6.45) is 4.64. The van der Waals surface area contributed by atoms with E-state index >= 15 is 0 Å². The van der Waals surface area contributed by atoms with Crippen LogP contribution in [0.5, 0.6) is 0 Å². The number of hydrogen-bond acceptors (Lipinski definition) is 3. The third kappa shape index (κ3) is 1.54. The fourth-order valence-electron chi connectivity index (χ4n) is 2.72. The number of hydrogen-bond donors (Lipinski definition) is 1. The van der Waals surface area contributed by atoms with Gasteiger partial charge in [-0.3, -0.25) is 9.59 Å². The number of carboxylic acid groups (broad SMARTS) is 1. The average Bonchev–Trinajstić information content (AvgIpc) is 2.76. The summed E-state index contributed by atoms with van der Waals surface area (Å²) in [7, 11) is 0. The second kappa shape index (κ2) is 3.68. The van der Waals surface area contributed by atoms with Crippen molar-refractivity contribution in [3.05, 3.63) is 12.2 Å². The molecule has 1 saturated carbocycles. The maximum atomic E-state index is 11.6. The Kier molecular flexibility index (Phi) is 2.50. The molecule has 0 aliphatic heterocycles. The van der Waals surface area contributed by atoms with Crippen LogP contribution in [0, 0.1) is 23.7 Å². The molecule has 1 fully saturated rings. The van der Waals surface area contributed by atoms with E-state index in [1.54, 1.807) is 6.92 Å². The SMILES string of the molecule is CCOC(=O)C1C(C(=O)O)[C@@H]2C=C[C@H]1C2. The fourth-order valence-corrected chi connectivity index (χ4v) is 2.72. The van der Waals surface area contributed by atoms with Gasteiger partial charge in [0.15, 0.2) is 0 Å². The van der Waals surface area contributed by atoms with Gasteiger partial charge in [-0.2, -0.15) is 0 Å². The summed E-state index contributed by atoms with van der Waals surface area (Å²) in [6.45, 7) is 2.04. The van der Waals surface area contributed by atoms with Gasteiger partial charge in [0.2, 0.25) is 0 Å². The summed E-state index contributed by atoms with van der Waals surface area (Å²) >= 11 is 0. The molecule has 1 N–H and O–H groups in total. The monoisotopic (exact) mass is 210 g/mol. The Bertz CT molecular complexity index is 321. The lowest BCUT2D eigenvalue weighted by molar-refractivity contribution is -0.158. The Balaban J connectivity index is 2.19. The van der Waals surface area contributed by atoms with Crippen LogP contribution in [0.15, 0.2) is 12.2 Å². The molecular weight excluding hydrogens is 196 g/mol. The summed E-state index contributed by atoms with van der Waals surface area (Å²) in [5, 5.41) is 9.08. The van der Waals surface area contributed by atoms with Crippen molar-refractivity contribution in [3.8, 4) is 0 Å². The first-order chi connectivity index (χ1) is 7.15. The molecule has 0 radical (unpaired) electrons. The molecule has 0 saturated heterocycles. The third-order valence-electron chi connectivity index (χ3n) is 3.30. The summed E-state index contributed by atoms with van der Waals surface area (Å²) < 4.78 is 4.92. The van der Waals surface area contributed by atoms with Crippen molar-refractivity contribution in [3.63, 3.8) is 0 Å². The van der Waals surface area contributed by atoms with Crippen molar-refractivity contribution in [2.45, 2.75) is 13.3 Å². The van der Waals surface area contributed by atoms with E-state index in [-0.39, 0.29) is 17.8 Å². The van der Waals surface area contributed by atoms with Crippen molar-refractivity contribution in [2.75, 3.05) is 6.61 Å². The van der Waals surface area contributed by atoms with Gasteiger partial charge in [-0.1, -0.05) is 12.2 Å². The number of carbonyl (C=O) groups is 2. The first-order valence-electron chi connectivity index (χ1n) is 5.23. The first-order valence-corrected chi connectivity index (χ1v) is 5.23. The minimum absolute atomic E-state index is 0.0157. The van der Waals surface area contributed by atoms with Crippen molar-refractivity contribution < 1.29 is 19.4 Å². The van der Waals surface area contributed by atoms with Crippen molar-refractivity contribution in [2.24, 2.45) is 23.7 Å². The molecule has 4 nitrogen and oxygen atoms in total. The Morgan fingerprint density at radius 2 is 1.93 bits per heavy atom. The number of rotatable bonds is 3. The molecule has 2 bridgehead atoms. The Hall–Kier alpha value is -1.32. The van der Waals surface area contributed by atoms with Crippen LogP contribution in [0.1, 0.15) is 13.3 Å². The molecule has 0 aromatic rings. The first kappa shape index (κ1) is 10.2. The zero-order valence-electron chi connectivity index (χ0n) is 8.55. The largest absolute Gasteiger partial charge is 0.481 e. The number of esters is 1. The highest BCUT2D eigenvalue weighted by Crippen LogP contribution is 2.48. The van der Waals surface area contributed by atoms with Crippen LogP contribution in [0.2, 0.25) is 0 Å². The predicted octanol–water partition coefficient (Wildman–Crippen LogP) is 1.07. The van der Waals surface area contributed by atoms with Crippen LogP contribution < -0.4 is 0 Å². The summed E-state index contributed by atoms with van der Waals surface area (Å²) in [4.78, 5) is 22.7. The van der Waals surface area contributed by atoms with Gasteiger partial charge in [-0.05, 0) is 25.2 Å². The van der Waals surface area contributed by atoms with E-state index in [0.29, 0.717) is 6.61 Å². The minimum Gasteiger partial charge on any atom is -0.481 e. The number of aliphatic carboxylic acids is 1. The van der Waals surface area contributed by atoms with Crippen molar-refractivity contribution in [1.29, 1.82) is 0 Å². The Labute approximate surface area is 87.9 Å². The lowest BCUT2D eigenvalue weighted by Gasteiger charge is -2.22. The van der Waals surface area contributed by atoms with E-state index in [4.69, 9.17) is 9.84 Å². The quantitative estimate of drug-likeness (QED) is 0.559. The number of allylic oxidation sites excluding steroid dienone is 2. The number of carbonyl (C=O) groups excluding carboxylic acids is 1. The smallest absolute Gasteiger partial charge is 0.310 e. The predicted molar refractivity (Wildman–Crippen MR) is 52.0 cm³/mol. The Morgan fingerprint density at radius 3 is 2.47 bits per heavy atom. The molecule has 2 rings (SSSR count). The van der Waals surface area contributed by atoms with E-state index < -0.39 is 17.8 Å². The van der Waals surface area contributed by atoms with E-state index in [0.717, 1.165) is 6.42 Å². The molecule has 0 spiro atoms. The molecule has 15 heavy (non-hydrogen) atoms. The Morgan fingerprint density at radius 1 is 1.33 bits per heavy atom.